The van der Waals surface area contributed by atoms with Crippen LogP contribution in [0.1, 0.15) is 12.0 Å². The zero-order valence-corrected chi connectivity index (χ0v) is 12.2. The highest BCUT2D eigenvalue weighted by molar-refractivity contribution is 9.10. The smallest absolute Gasteiger partial charge is 0.115 e. The van der Waals surface area contributed by atoms with E-state index in [1.165, 1.54) is 0 Å². The Balaban J connectivity index is 2.55. The van der Waals surface area contributed by atoms with Gasteiger partial charge in [0.25, 0.3) is 0 Å². The second kappa shape index (κ2) is 7.97. The highest BCUT2D eigenvalue weighted by atomic mass is 79.9. The predicted molar refractivity (Wildman–Crippen MR) is 76.5 cm³/mol. The quantitative estimate of drug-likeness (QED) is 0.722. The van der Waals surface area contributed by atoms with E-state index >= 15 is 0 Å². The molecule has 5 heteroatoms. The first-order chi connectivity index (χ1) is 8.17. The Morgan fingerprint density at radius 1 is 1.47 bits per heavy atom. The molecule has 1 rings (SSSR count). The van der Waals surface area contributed by atoms with Crippen molar-refractivity contribution >= 4 is 27.7 Å². The van der Waals surface area contributed by atoms with Crippen LogP contribution in [0.4, 0.5) is 0 Å². The Labute approximate surface area is 115 Å². The van der Waals surface area contributed by atoms with Crippen LogP contribution in [-0.4, -0.2) is 34.9 Å². The Bertz CT molecular complexity index is 343. The first-order valence-corrected chi connectivity index (χ1v) is 7.66. The molecule has 0 aliphatic heterocycles. The predicted octanol–water partition coefficient (Wildman–Crippen LogP) is 2.36. The van der Waals surface area contributed by atoms with Crippen LogP contribution in [0.2, 0.25) is 0 Å². The van der Waals surface area contributed by atoms with Crippen LogP contribution in [-0.2, 0) is 6.54 Å². The molecule has 0 saturated heterocycles. The topological polar surface area (TPSA) is 52.5 Å². The zero-order valence-electron chi connectivity index (χ0n) is 9.82. The van der Waals surface area contributed by atoms with Gasteiger partial charge in [0.1, 0.15) is 5.75 Å². The summed E-state index contributed by atoms with van der Waals surface area (Å²) in [6.07, 6.45) is 2.80. The maximum atomic E-state index is 9.42. The second-order valence-electron chi connectivity index (χ2n) is 3.82. The van der Waals surface area contributed by atoms with E-state index < -0.39 is 0 Å². The molecule has 96 valence electrons. The van der Waals surface area contributed by atoms with Gasteiger partial charge in [-0.25, -0.2) is 0 Å². The highest BCUT2D eigenvalue weighted by Gasteiger charge is 2.08. The summed E-state index contributed by atoms with van der Waals surface area (Å²) in [7, 11) is 0. The highest BCUT2D eigenvalue weighted by Crippen LogP contribution is 2.21. The molecule has 1 unspecified atom stereocenters. The number of thioether (sulfide) groups is 1. The number of phenolic OH excluding ortho intramolecular Hbond substituents is 1. The molecule has 3 N–H and O–H groups in total. The number of aliphatic hydroxyl groups excluding tert-OH is 1. The van der Waals surface area contributed by atoms with Crippen LogP contribution in [0.3, 0.4) is 0 Å². The number of aromatic hydroxyl groups is 1. The molecule has 0 fully saturated rings. The lowest BCUT2D eigenvalue weighted by atomic mass is 10.2. The number of benzene rings is 1. The number of aliphatic hydroxyl groups is 1. The molecule has 0 aliphatic rings. The summed E-state index contributed by atoms with van der Waals surface area (Å²) in [6.45, 7) is 0.875. The van der Waals surface area contributed by atoms with Gasteiger partial charge in [0.15, 0.2) is 0 Å². The Kier molecular flexibility index (Phi) is 6.96. The van der Waals surface area contributed by atoms with Crippen LogP contribution >= 0.6 is 27.7 Å². The number of halogens is 1. The number of phenols is 1. The lowest BCUT2D eigenvalue weighted by molar-refractivity contribution is 0.269. The minimum Gasteiger partial charge on any atom is -0.508 e. The number of nitrogens with one attached hydrogen (secondary N) is 1. The van der Waals surface area contributed by atoms with Gasteiger partial charge in [-0.15, -0.1) is 0 Å². The van der Waals surface area contributed by atoms with Gasteiger partial charge in [0, 0.05) is 29.4 Å². The molecule has 1 aromatic carbocycles. The molecule has 0 radical (unpaired) electrons. The first kappa shape index (κ1) is 14.8. The van der Waals surface area contributed by atoms with Crippen molar-refractivity contribution < 1.29 is 10.2 Å². The van der Waals surface area contributed by atoms with Crippen molar-refractivity contribution in [2.24, 2.45) is 0 Å². The molecular weight excluding hydrogens is 302 g/mol. The van der Waals surface area contributed by atoms with Crippen molar-refractivity contribution in [2.45, 2.75) is 19.0 Å². The normalized spacial score (nSPS) is 12.6. The van der Waals surface area contributed by atoms with E-state index in [9.17, 15) is 5.11 Å². The van der Waals surface area contributed by atoms with Crippen molar-refractivity contribution in [1.29, 1.82) is 0 Å². The summed E-state index contributed by atoms with van der Waals surface area (Å²) < 4.78 is 0.981. The van der Waals surface area contributed by atoms with Crippen molar-refractivity contribution in [3.05, 3.63) is 28.2 Å². The van der Waals surface area contributed by atoms with Crippen molar-refractivity contribution in [3.8, 4) is 5.75 Å². The first-order valence-electron chi connectivity index (χ1n) is 5.48. The molecule has 0 spiro atoms. The van der Waals surface area contributed by atoms with Crippen molar-refractivity contribution in [2.75, 3.05) is 18.6 Å². The lowest BCUT2D eigenvalue weighted by Gasteiger charge is -2.17. The molecular formula is C12H18BrNO2S. The molecule has 0 amide bonds. The summed E-state index contributed by atoms with van der Waals surface area (Å²) in [6, 6.07) is 5.53. The molecule has 0 aliphatic carbocycles. The minimum atomic E-state index is 0.194. The van der Waals surface area contributed by atoms with Gasteiger partial charge in [-0.1, -0.05) is 15.9 Å². The third-order valence-electron chi connectivity index (χ3n) is 2.46. The zero-order chi connectivity index (χ0) is 12.7. The molecule has 1 aromatic rings. The summed E-state index contributed by atoms with van der Waals surface area (Å²) in [5, 5.41) is 21.8. The molecule has 1 atom stereocenters. The van der Waals surface area contributed by atoms with E-state index in [0.717, 1.165) is 22.2 Å². The molecule has 0 bridgehead atoms. The van der Waals surface area contributed by atoms with E-state index in [4.69, 9.17) is 5.11 Å². The maximum absolute atomic E-state index is 9.42. The molecule has 0 aromatic heterocycles. The average Bonchev–Trinajstić information content (AvgIpc) is 2.30. The third-order valence-corrected chi connectivity index (χ3v) is 3.97. The number of rotatable bonds is 7. The Morgan fingerprint density at radius 3 is 2.88 bits per heavy atom. The van der Waals surface area contributed by atoms with Crippen LogP contribution in [0.15, 0.2) is 22.7 Å². The van der Waals surface area contributed by atoms with Gasteiger partial charge < -0.3 is 15.5 Å². The van der Waals surface area contributed by atoms with Gasteiger partial charge in [-0.3, -0.25) is 0 Å². The third kappa shape index (κ3) is 5.29. The summed E-state index contributed by atoms with van der Waals surface area (Å²) in [5.41, 5.74) is 1.02. The van der Waals surface area contributed by atoms with Crippen LogP contribution < -0.4 is 5.32 Å². The van der Waals surface area contributed by atoms with Gasteiger partial charge in [0.2, 0.25) is 0 Å². The van der Waals surface area contributed by atoms with Gasteiger partial charge in [-0.2, -0.15) is 11.8 Å². The van der Waals surface area contributed by atoms with Gasteiger partial charge in [0.05, 0.1) is 0 Å². The fourth-order valence-electron chi connectivity index (χ4n) is 1.55. The summed E-state index contributed by atoms with van der Waals surface area (Å²) in [4.78, 5) is 0. The van der Waals surface area contributed by atoms with E-state index in [2.05, 4.69) is 27.5 Å². The minimum absolute atomic E-state index is 0.194. The standard InChI is InChI=1S/C12H18BrNO2S/c1-17-8-10(4-5-15)14-7-9-6-11(16)2-3-12(9)13/h2-3,6,10,14-16H,4-5,7-8H2,1H3. The Morgan fingerprint density at radius 2 is 2.24 bits per heavy atom. The summed E-state index contributed by atoms with van der Waals surface area (Å²) >= 11 is 5.21. The molecule has 17 heavy (non-hydrogen) atoms. The van der Waals surface area contributed by atoms with E-state index in [-0.39, 0.29) is 12.4 Å². The van der Waals surface area contributed by atoms with Crippen LogP contribution in [0, 0.1) is 0 Å². The van der Waals surface area contributed by atoms with Gasteiger partial charge in [-0.05, 0) is 36.4 Å². The SMILES string of the molecule is CSCC(CCO)NCc1cc(O)ccc1Br. The average molecular weight is 320 g/mol. The fraction of sp³-hybridized carbons (Fsp3) is 0.500. The van der Waals surface area contributed by atoms with Crippen molar-refractivity contribution in [1.82, 2.24) is 5.32 Å². The Hall–Kier alpha value is -0.230. The molecule has 0 heterocycles. The molecule has 3 nitrogen and oxygen atoms in total. The number of hydrogen-bond donors (Lipinski definition) is 3. The fourth-order valence-corrected chi connectivity index (χ4v) is 2.63. The van der Waals surface area contributed by atoms with Gasteiger partial charge >= 0.3 is 0 Å². The lowest BCUT2D eigenvalue weighted by Crippen LogP contribution is -2.31. The summed E-state index contributed by atoms with van der Waals surface area (Å²) in [5.74, 6) is 1.24. The van der Waals surface area contributed by atoms with Crippen LogP contribution in [0.25, 0.3) is 0 Å². The number of hydrogen-bond acceptors (Lipinski definition) is 4. The van der Waals surface area contributed by atoms with Crippen LogP contribution in [0.5, 0.6) is 5.75 Å². The van der Waals surface area contributed by atoms with E-state index in [1.807, 2.05) is 6.07 Å². The largest absolute Gasteiger partial charge is 0.508 e. The van der Waals surface area contributed by atoms with E-state index in [1.54, 1.807) is 23.9 Å². The second-order valence-corrected chi connectivity index (χ2v) is 5.59. The maximum Gasteiger partial charge on any atom is 0.115 e. The monoisotopic (exact) mass is 319 g/mol. The van der Waals surface area contributed by atoms with E-state index in [0.29, 0.717) is 12.6 Å². The molecule has 0 saturated carbocycles. The van der Waals surface area contributed by atoms with Crippen molar-refractivity contribution in [3.63, 3.8) is 0 Å².